The maximum Gasteiger partial charge on any atom is 0.335 e. The number of nitrogens with one attached hydrogen (secondary N) is 2. The third kappa shape index (κ3) is 5.44. The fraction of sp³-hybridized carbons (Fsp3) is 0.111. The van der Waals surface area contributed by atoms with E-state index in [0.29, 0.717) is 22.7 Å². The number of nitrogens with zero attached hydrogens (tertiary/aromatic N) is 1. The fourth-order valence-electron chi connectivity index (χ4n) is 3.46. The van der Waals surface area contributed by atoms with Crippen LogP contribution in [0.25, 0.3) is 6.08 Å². The van der Waals surface area contributed by atoms with Crippen molar-refractivity contribution in [2.75, 3.05) is 16.8 Å². The first kappa shape index (κ1) is 23.4. The maximum atomic E-state index is 12.9. The van der Waals surface area contributed by atoms with Crippen LogP contribution in [0.3, 0.4) is 0 Å². The van der Waals surface area contributed by atoms with Gasteiger partial charge in [0.25, 0.3) is 17.7 Å². The monoisotopic (exact) mass is 469 g/mol. The van der Waals surface area contributed by atoms with E-state index >= 15 is 0 Å². The lowest BCUT2D eigenvalue weighted by molar-refractivity contribution is -0.122. The standard InChI is InChI=1S/C27H23N3O5/c1-17-8-11-20(14-18(17)2)28-24(31)16-35-22-12-9-19(10-13-22)15-23-25(32)29-27(34)30(26(23)33)21-6-4-3-5-7-21/h3-15H,16H2,1-2H3,(H,28,31)(H,29,32,34)/b23-15-. The number of ether oxygens (including phenoxy) is 1. The Labute approximate surface area is 202 Å². The molecular formula is C27H23N3O5. The van der Waals surface area contributed by atoms with Gasteiger partial charge in [-0.2, -0.15) is 0 Å². The van der Waals surface area contributed by atoms with E-state index < -0.39 is 17.8 Å². The number of amides is 5. The van der Waals surface area contributed by atoms with Gasteiger partial charge in [0.05, 0.1) is 5.69 Å². The summed E-state index contributed by atoms with van der Waals surface area (Å²) in [4.78, 5) is 50.5. The van der Waals surface area contributed by atoms with Gasteiger partial charge in [0.1, 0.15) is 11.3 Å². The highest BCUT2D eigenvalue weighted by atomic mass is 16.5. The number of imide groups is 2. The van der Waals surface area contributed by atoms with Gasteiger partial charge in [-0.3, -0.25) is 19.7 Å². The molecule has 3 aromatic carbocycles. The number of para-hydroxylation sites is 1. The Bertz CT molecular complexity index is 1330. The summed E-state index contributed by atoms with van der Waals surface area (Å²) in [5.74, 6) is -1.33. The summed E-state index contributed by atoms with van der Waals surface area (Å²) < 4.78 is 5.54. The van der Waals surface area contributed by atoms with Crippen molar-refractivity contribution in [3.05, 3.63) is 95.1 Å². The maximum absolute atomic E-state index is 12.9. The summed E-state index contributed by atoms with van der Waals surface area (Å²) in [6.45, 7) is 3.79. The summed E-state index contributed by atoms with van der Waals surface area (Å²) in [6, 6.07) is 19.8. The van der Waals surface area contributed by atoms with Crippen LogP contribution in [0.5, 0.6) is 5.75 Å². The van der Waals surface area contributed by atoms with Crippen molar-refractivity contribution in [3.63, 3.8) is 0 Å². The second-order valence-corrected chi connectivity index (χ2v) is 8.00. The SMILES string of the molecule is Cc1ccc(NC(=O)COc2ccc(/C=C3/C(=O)NC(=O)N(c4ccccc4)C3=O)cc2)cc1C. The number of carbonyl (C=O) groups is 4. The number of rotatable bonds is 6. The van der Waals surface area contributed by atoms with Gasteiger partial charge in [-0.25, -0.2) is 9.69 Å². The van der Waals surface area contributed by atoms with Crippen LogP contribution in [0.15, 0.2) is 78.4 Å². The predicted molar refractivity (Wildman–Crippen MR) is 132 cm³/mol. The van der Waals surface area contributed by atoms with E-state index in [-0.39, 0.29) is 18.1 Å². The molecular weight excluding hydrogens is 446 g/mol. The number of carbonyl (C=O) groups excluding carboxylic acids is 4. The molecule has 0 radical (unpaired) electrons. The Morgan fingerprint density at radius 3 is 2.34 bits per heavy atom. The summed E-state index contributed by atoms with van der Waals surface area (Å²) in [7, 11) is 0. The Balaban J connectivity index is 1.41. The Morgan fingerprint density at radius 1 is 0.943 bits per heavy atom. The van der Waals surface area contributed by atoms with Crippen molar-refractivity contribution in [1.29, 1.82) is 0 Å². The summed E-state index contributed by atoms with van der Waals surface area (Å²) in [6.07, 6.45) is 1.40. The smallest absolute Gasteiger partial charge is 0.335 e. The molecule has 176 valence electrons. The molecule has 1 aliphatic heterocycles. The third-order valence-electron chi connectivity index (χ3n) is 5.47. The van der Waals surface area contributed by atoms with Crippen molar-refractivity contribution in [2.24, 2.45) is 0 Å². The molecule has 0 bridgehead atoms. The van der Waals surface area contributed by atoms with E-state index in [1.165, 1.54) is 6.08 Å². The van der Waals surface area contributed by atoms with Crippen molar-refractivity contribution in [3.8, 4) is 5.75 Å². The molecule has 0 aromatic heterocycles. The molecule has 4 rings (SSSR count). The Kier molecular flexibility index (Phi) is 6.73. The second-order valence-electron chi connectivity index (χ2n) is 8.00. The molecule has 35 heavy (non-hydrogen) atoms. The van der Waals surface area contributed by atoms with Crippen LogP contribution in [0, 0.1) is 13.8 Å². The molecule has 1 heterocycles. The quantitative estimate of drug-likeness (QED) is 0.420. The van der Waals surface area contributed by atoms with Crippen molar-refractivity contribution in [1.82, 2.24) is 5.32 Å². The Hall–Kier alpha value is -4.72. The van der Waals surface area contributed by atoms with Crippen LogP contribution >= 0.6 is 0 Å². The van der Waals surface area contributed by atoms with Gasteiger partial charge in [-0.15, -0.1) is 0 Å². The Morgan fingerprint density at radius 2 is 1.66 bits per heavy atom. The van der Waals surface area contributed by atoms with Gasteiger partial charge in [0.2, 0.25) is 0 Å². The predicted octanol–water partition coefficient (Wildman–Crippen LogP) is 3.99. The molecule has 2 N–H and O–H groups in total. The molecule has 8 nitrogen and oxygen atoms in total. The van der Waals surface area contributed by atoms with Gasteiger partial charge in [0, 0.05) is 5.69 Å². The molecule has 1 fully saturated rings. The second kappa shape index (κ2) is 10.0. The van der Waals surface area contributed by atoms with E-state index in [1.54, 1.807) is 54.6 Å². The van der Waals surface area contributed by atoms with Crippen molar-refractivity contribution < 1.29 is 23.9 Å². The van der Waals surface area contributed by atoms with Crippen LogP contribution in [-0.2, 0) is 14.4 Å². The highest BCUT2D eigenvalue weighted by Gasteiger charge is 2.36. The number of urea groups is 1. The minimum absolute atomic E-state index is 0.171. The highest BCUT2D eigenvalue weighted by Crippen LogP contribution is 2.22. The van der Waals surface area contributed by atoms with E-state index in [2.05, 4.69) is 10.6 Å². The van der Waals surface area contributed by atoms with E-state index in [9.17, 15) is 19.2 Å². The molecule has 0 spiro atoms. The lowest BCUT2D eigenvalue weighted by Crippen LogP contribution is -2.54. The van der Waals surface area contributed by atoms with E-state index in [1.807, 2.05) is 32.0 Å². The lowest BCUT2D eigenvalue weighted by Gasteiger charge is -2.26. The highest BCUT2D eigenvalue weighted by molar-refractivity contribution is 6.39. The topological polar surface area (TPSA) is 105 Å². The molecule has 0 saturated carbocycles. The molecule has 0 aliphatic carbocycles. The average molecular weight is 469 g/mol. The fourth-order valence-corrected chi connectivity index (χ4v) is 3.46. The van der Waals surface area contributed by atoms with Crippen LogP contribution in [0.4, 0.5) is 16.2 Å². The zero-order valence-electron chi connectivity index (χ0n) is 19.2. The molecule has 8 heteroatoms. The summed E-state index contributed by atoms with van der Waals surface area (Å²) in [5.41, 5.74) is 3.65. The zero-order chi connectivity index (χ0) is 24.9. The number of barbiturate groups is 1. The van der Waals surface area contributed by atoms with Gasteiger partial charge in [0.15, 0.2) is 6.61 Å². The number of aryl methyl sites for hydroxylation is 2. The number of anilines is 2. The van der Waals surface area contributed by atoms with Gasteiger partial charge in [-0.05, 0) is 73.0 Å². The number of benzene rings is 3. The summed E-state index contributed by atoms with van der Waals surface area (Å²) in [5, 5.41) is 4.98. The van der Waals surface area contributed by atoms with Crippen LogP contribution in [0.1, 0.15) is 16.7 Å². The minimum Gasteiger partial charge on any atom is -0.484 e. The molecule has 1 saturated heterocycles. The van der Waals surface area contributed by atoms with Crippen LogP contribution in [-0.4, -0.2) is 30.4 Å². The third-order valence-corrected chi connectivity index (χ3v) is 5.47. The first-order valence-electron chi connectivity index (χ1n) is 10.9. The lowest BCUT2D eigenvalue weighted by atomic mass is 10.1. The summed E-state index contributed by atoms with van der Waals surface area (Å²) >= 11 is 0. The first-order valence-corrected chi connectivity index (χ1v) is 10.9. The number of hydrogen-bond acceptors (Lipinski definition) is 5. The van der Waals surface area contributed by atoms with Crippen molar-refractivity contribution >= 4 is 41.2 Å². The van der Waals surface area contributed by atoms with Gasteiger partial charge < -0.3 is 10.1 Å². The molecule has 1 aliphatic rings. The van der Waals surface area contributed by atoms with Crippen LogP contribution < -0.4 is 20.3 Å². The molecule has 5 amide bonds. The van der Waals surface area contributed by atoms with Gasteiger partial charge >= 0.3 is 6.03 Å². The van der Waals surface area contributed by atoms with E-state index in [4.69, 9.17) is 4.74 Å². The zero-order valence-corrected chi connectivity index (χ0v) is 19.2. The van der Waals surface area contributed by atoms with Crippen molar-refractivity contribution in [2.45, 2.75) is 13.8 Å². The number of hydrogen-bond donors (Lipinski definition) is 2. The average Bonchev–Trinajstić information content (AvgIpc) is 2.84. The van der Waals surface area contributed by atoms with Gasteiger partial charge in [-0.1, -0.05) is 36.4 Å². The normalized spacial score (nSPS) is 14.6. The van der Waals surface area contributed by atoms with Crippen LogP contribution in [0.2, 0.25) is 0 Å². The minimum atomic E-state index is -0.800. The molecule has 3 aromatic rings. The molecule has 0 atom stereocenters. The van der Waals surface area contributed by atoms with E-state index in [0.717, 1.165) is 16.0 Å². The molecule has 0 unspecified atom stereocenters. The first-order chi connectivity index (χ1) is 16.8. The largest absolute Gasteiger partial charge is 0.484 e.